The molecule has 10 N–H and O–H groups in total. The minimum atomic E-state index is -5.67. The van der Waals surface area contributed by atoms with Gasteiger partial charge in [0.2, 0.25) is 0 Å². The molecule has 1 fully saturated rings. The normalized spacial score (nSPS) is 33.1. The van der Waals surface area contributed by atoms with Gasteiger partial charge in [0.25, 0.3) is 0 Å². The third-order valence-electron chi connectivity index (χ3n) is 3.03. The van der Waals surface area contributed by atoms with Crippen LogP contribution in [-0.2, 0) is 36.4 Å². The van der Waals surface area contributed by atoms with Crippen LogP contribution in [0.5, 0.6) is 0 Å². The second kappa shape index (κ2) is 8.85. The van der Waals surface area contributed by atoms with Gasteiger partial charge in [0.15, 0.2) is 0 Å². The van der Waals surface area contributed by atoms with Crippen molar-refractivity contribution in [2.45, 2.75) is 36.6 Å². The number of phosphoric ester groups is 4. The average molecular weight is 500 g/mol. The van der Waals surface area contributed by atoms with Crippen LogP contribution in [0.1, 0.15) is 0 Å². The van der Waals surface area contributed by atoms with Crippen molar-refractivity contribution in [2.75, 3.05) is 0 Å². The predicted molar refractivity (Wildman–Crippen MR) is 79.7 cm³/mol. The molecule has 1 aliphatic rings. The van der Waals surface area contributed by atoms with Crippen molar-refractivity contribution in [1.29, 1.82) is 0 Å². The highest BCUT2D eigenvalue weighted by Gasteiger charge is 2.58. The molecule has 1 saturated carbocycles. The van der Waals surface area contributed by atoms with E-state index in [4.69, 9.17) is 39.1 Å². The van der Waals surface area contributed by atoms with Crippen LogP contribution < -0.4 is 0 Å². The van der Waals surface area contributed by atoms with Gasteiger partial charge in [-0.1, -0.05) is 0 Å². The summed E-state index contributed by atoms with van der Waals surface area (Å²) < 4.78 is 60.6. The highest BCUT2D eigenvalue weighted by Crippen LogP contribution is 2.52. The predicted octanol–water partition coefficient (Wildman–Crippen LogP) is -3.37. The van der Waals surface area contributed by atoms with E-state index in [-0.39, 0.29) is 0 Å². The number of aliphatic hydroxyl groups is 2. The van der Waals surface area contributed by atoms with E-state index in [1.54, 1.807) is 0 Å². The second-order valence-electron chi connectivity index (χ2n) is 5.22. The SMILES string of the molecule is O=P(O)(O)O[C@H]1[C@H](OP(=O)(O)O)[C@@H](OP(=O)(O)O)[C@H](O)[C@@H](O)[C@H]1OP(=O)(O)O. The Morgan fingerprint density at radius 2 is 0.607 bits per heavy atom. The van der Waals surface area contributed by atoms with E-state index in [0.717, 1.165) is 0 Å². The van der Waals surface area contributed by atoms with E-state index in [0.29, 0.717) is 0 Å². The molecule has 1 rings (SSSR count). The van der Waals surface area contributed by atoms with Crippen molar-refractivity contribution in [3.63, 3.8) is 0 Å². The van der Waals surface area contributed by atoms with Crippen LogP contribution in [0.4, 0.5) is 0 Å². The monoisotopic (exact) mass is 500 g/mol. The quantitative estimate of drug-likeness (QED) is 0.145. The third kappa shape index (κ3) is 8.62. The average Bonchev–Trinajstić information content (AvgIpc) is 2.39. The Balaban J connectivity index is 3.53. The minimum absolute atomic E-state index is 2.60. The molecule has 28 heavy (non-hydrogen) atoms. The van der Waals surface area contributed by atoms with Crippen molar-refractivity contribution in [2.24, 2.45) is 0 Å². The topological polar surface area (TPSA) is 308 Å². The highest BCUT2D eigenvalue weighted by molar-refractivity contribution is 7.47. The van der Waals surface area contributed by atoms with E-state index in [9.17, 15) is 28.5 Å². The number of phosphoric acid groups is 4. The lowest BCUT2D eigenvalue weighted by Crippen LogP contribution is -2.65. The lowest BCUT2D eigenvalue weighted by Gasteiger charge is -2.45. The van der Waals surface area contributed by atoms with Crippen molar-refractivity contribution in [1.82, 2.24) is 0 Å². The molecular formula is C6H16O18P4. The Morgan fingerprint density at radius 3 is 0.786 bits per heavy atom. The molecule has 6 atom stereocenters. The first-order valence-corrected chi connectivity index (χ1v) is 12.6. The number of aliphatic hydroxyl groups excluding tert-OH is 2. The van der Waals surface area contributed by atoms with Crippen molar-refractivity contribution >= 4 is 31.3 Å². The maximum atomic E-state index is 11.1. The summed E-state index contributed by atoms with van der Waals surface area (Å²) in [6.07, 6.45) is -15.9. The van der Waals surface area contributed by atoms with Crippen molar-refractivity contribution in [3.05, 3.63) is 0 Å². The van der Waals surface area contributed by atoms with Gasteiger partial charge in [-0.25, -0.2) is 18.3 Å². The molecule has 0 spiro atoms. The molecular weight excluding hydrogens is 484 g/mol. The number of rotatable bonds is 8. The van der Waals surface area contributed by atoms with Crippen molar-refractivity contribution < 1.29 is 85.7 Å². The van der Waals surface area contributed by atoms with Gasteiger partial charge in [-0.3, -0.25) is 18.1 Å². The van der Waals surface area contributed by atoms with E-state index < -0.39 is 67.9 Å². The number of hydrogen-bond acceptors (Lipinski definition) is 10. The van der Waals surface area contributed by atoms with E-state index in [2.05, 4.69) is 18.1 Å². The van der Waals surface area contributed by atoms with E-state index in [1.807, 2.05) is 0 Å². The van der Waals surface area contributed by atoms with Crippen LogP contribution in [-0.4, -0.2) is 86.0 Å². The first kappa shape index (κ1) is 26.4. The molecule has 0 unspecified atom stereocenters. The molecule has 0 bridgehead atoms. The Bertz CT molecular complexity index is 664. The van der Waals surface area contributed by atoms with Gasteiger partial charge < -0.3 is 49.4 Å². The molecule has 0 aromatic rings. The fraction of sp³-hybridized carbons (Fsp3) is 1.00. The Hall–Kier alpha value is 0.360. The largest absolute Gasteiger partial charge is 0.470 e. The van der Waals surface area contributed by atoms with Gasteiger partial charge in [-0.05, 0) is 0 Å². The lowest BCUT2D eigenvalue weighted by molar-refractivity contribution is -0.209. The standard InChI is InChI=1S/C6H16O18P4/c7-1-2(8)4(22-26(12,13)14)6(24-28(18,19)20)5(23-27(15,16)17)3(1)21-25(9,10)11/h1-8H,(H2,9,10,11)(H2,12,13,14)(H2,15,16,17)(H2,18,19,20)/t1-,2-,3-,4+,5-,6-/m1/s1. The molecule has 1 aliphatic carbocycles. The fourth-order valence-corrected chi connectivity index (χ4v) is 4.51. The van der Waals surface area contributed by atoms with Crippen LogP contribution in [0.3, 0.4) is 0 Å². The molecule has 168 valence electrons. The van der Waals surface area contributed by atoms with Gasteiger partial charge in [0, 0.05) is 0 Å². The second-order valence-corrected chi connectivity index (χ2v) is 9.99. The first-order chi connectivity index (χ1) is 12.2. The van der Waals surface area contributed by atoms with Gasteiger partial charge in [-0.15, -0.1) is 0 Å². The molecule has 0 aliphatic heterocycles. The van der Waals surface area contributed by atoms with E-state index in [1.165, 1.54) is 0 Å². The minimum Gasteiger partial charge on any atom is -0.387 e. The lowest BCUT2D eigenvalue weighted by atomic mass is 9.85. The van der Waals surface area contributed by atoms with Crippen LogP contribution in [0.25, 0.3) is 0 Å². The van der Waals surface area contributed by atoms with Crippen LogP contribution >= 0.6 is 31.3 Å². The summed E-state index contributed by atoms with van der Waals surface area (Å²) in [6, 6.07) is 0. The Labute approximate surface area is 154 Å². The van der Waals surface area contributed by atoms with Gasteiger partial charge in [-0.2, -0.15) is 0 Å². The zero-order valence-electron chi connectivity index (χ0n) is 13.0. The molecule has 0 amide bonds. The summed E-state index contributed by atoms with van der Waals surface area (Å²) in [4.78, 5) is 71.1. The first-order valence-electron chi connectivity index (χ1n) is 6.52. The van der Waals surface area contributed by atoms with Gasteiger partial charge >= 0.3 is 31.3 Å². The maximum Gasteiger partial charge on any atom is 0.470 e. The third-order valence-corrected chi connectivity index (χ3v) is 5.10. The van der Waals surface area contributed by atoms with Gasteiger partial charge in [0.05, 0.1) is 0 Å². The van der Waals surface area contributed by atoms with Crippen LogP contribution in [0, 0.1) is 0 Å². The Kier molecular flexibility index (Phi) is 8.34. The Morgan fingerprint density at radius 1 is 0.429 bits per heavy atom. The van der Waals surface area contributed by atoms with Crippen LogP contribution in [0.15, 0.2) is 0 Å². The summed E-state index contributed by atoms with van der Waals surface area (Å²) >= 11 is 0. The molecule has 22 heteroatoms. The number of hydrogen-bond donors (Lipinski definition) is 10. The van der Waals surface area contributed by atoms with Gasteiger partial charge in [0.1, 0.15) is 36.6 Å². The zero-order chi connectivity index (χ0) is 22.3. The smallest absolute Gasteiger partial charge is 0.387 e. The molecule has 0 radical (unpaired) electrons. The molecule has 0 aromatic carbocycles. The van der Waals surface area contributed by atoms with Crippen molar-refractivity contribution in [3.8, 4) is 0 Å². The molecule has 0 heterocycles. The zero-order valence-corrected chi connectivity index (χ0v) is 16.6. The van der Waals surface area contributed by atoms with E-state index >= 15 is 0 Å². The summed E-state index contributed by atoms with van der Waals surface area (Å²) in [5, 5.41) is 19.8. The summed E-state index contributed by atoms with van der Waals surface area (Å²) in [5.41, 5.74) is 0. The van der Waals surface area contributed by atoms with Crippen LogP contribution in [0.2, 0.25) is 0 Å². The molecule has 0 saturated heterocycles. The summed E-state index contributed by atoms with van der Waals surface area (Å²) in [6.45, 7) is 0. The summed E-state index contributed by atoms with van der Waals surface area (Å²) in [5.74, 6) is 0. The maximum absolute atomic E-state index is 11.1. The molecule has 0 aromatic heterocycles. The fourth-order valence-electron chi connectivity index (χ4n) is 2.27. The molecule has 18 nitrogen and oxygen atoms in total. The highest BCUT2D eigenvalue weighted by atomic mass is 31.2. The summed E-state index contributed by atoms with van der Waals surface area (Å²) in [7, 11) is -22.5.